The van der Waals surface area contributed by atoms with Crippen molar-refractivity contribution in [2.45, 2.75) is 39.7 Å². The molecule has 0 radical (unpaired) electrons. The summed E-state index contributed by atoms with van der Waals surface area (Å²) < 4.78 is 0. The smallest absolute Gasteiger partial charge is 0.0629 e. The molecular weight excluding hydrogens is 250 g/mol. The second-order valence-electron chi connectivity index (χ2n) is 5.66. The van der Waals surface area contributed by atoms with Gasteiger partial charge in [-0.3, -0.25) is 0 Å². The zero-order valence-corrected chi connectivity index (χ0v) is 13.0. The molecule has 1 aromatic heterocycles. The van der Waals surface area contributed by atoms with Gasteiger partial charge in [0.05, 0.1) is 6.04 Å². The van der Waals surface area contributed by atoms with Crippen molar-refractivity contribution in [1.29, 1.82) is 0 Å². The minimum absolute atomic E-state index is 0.391. The molecule has 1 unspecified atom stereocenters. The van der Waals surface area contributed by atoms with E-state index in [-0.39, 0.29) is 0 Å². The average Bonchev–Trinajstić information content (AvgIpc) is 2.89. The number of hydrogen-bond donors (Lipinski definition) is 1. The lowest BCUT2D eigenvalue weighted by Crippen LogP contribution is -2.15. The van der Waals surface area contributed by atoms with E-state index in [1.54, 1.807) is 0 Å². The third-order valence-electron chi connectivity index (χ3n) is 3.39. The van der Waals surface area contributed by atoms with Crippen LogP contribution in [-0.4, -0.2) is 0 Å². The first-order valence-corrected chi connectivity index (χ1v) is 7.85. The van der Waals surface area contributed by atoms with Gasteiger partial charge in [-0.05, 0) is 41.0 Å². The molecule has 0 saturated heterocycles. The quantitative estimate of drug-likeness (QED) is 0.739. The van der Waals surface area contributed by atoms with Gasteiger partial charge >= 0.3 is 0 Å². The van der Waals surface area contributed by atoms with Gasteiger partial charge in [0.1, 0.15) is 0 Å². The van der Waals surface area contributed by atoms with Crippen molar-refractivity contribution < 1.29 is 0 Å². The fraction of sp³-hybridized carbons (Fsp3) is 0.412. The van der Waals surface area contributed by atoms with Gasteiger partial charge in [0, 0.05) is 10.6 Å². The summed E-state index contributed by atoms with van der Waals surface area (Å²) in [6, 6.07) is 13.5. The molecule has 0 amide bonds. The highest BCUT2D eigenvalue weighted by molar-refractivity contribution is 7.10. The van der Waals surface area contributed by atoms with Crippen LogP contribution in [0.25, 0.3) is 0 Å². The highest BCUT2D eigenvalue weighted by Gasteiger charge is 2.16. The van der Waals surface area contributed by atoms with Gasteiger partial charge in [0.2, 0.25) is 0 Å². The topological polar surface area (TPSA) is 12.0 Å². The van der Waals surface area contributed by atoms with E-state index in [1.807, 2.05) is 11.3 Å². The Kier molecular flexibility index (Phi) is 4.65. The van der Waals surface area contributed by atoms with Crippen molar-refractivity contribution in [2.75, 3.05) is 5.32 Å². The van der Waals surface area contributed by atoms with Gasteiger partial charge in [-0.15, -0.1) is 11.3 Å². The standard InChI is InChI=1S/C17H23NS/c1-12(2)14-7-5-8-15(11-14)18-17(13(3)4)16-9-6-10-19-16/h5-13,17-18H,1-4H3. The summed E-state index contributed by atoms with van der Waals surface area (Å²) in [6.07, 6.45) is 0. The molecule has 0 aliphatic carbocycles. The third kappa shape index (κ3) is 3.60. The Balaban J connectivity index is 2.20. The summed E-state index contributed by atoms with van der Waals surface area (Å²) in [5.41, 5.74) is 2.61. The second-order valence-corrected chi connectivity index (χ2v) is 6.64. The first-order chi connectivity index (χ1) is 9.08. The number of nitrogens with one attached hydrogen (secondary N) is 1. The molecular formula is C17H23NS. The normalized spacial score (nSPS) is 12.9. The van der Waals surface area contributed by atoms with Gasteiger partial charge in [-0.2, -0.15) is 0 Å². The van der Waals surface area contributed by atoms with Crippen molar-refractivity contribution in [3.8, 4) is 0 Å². The highest BCUT2D eigenvalue weighted by Crippen LogP contribution is 2.30. The maximum atomic E-state index is 3.69. The maximum Gasteiger partial charge on any atom is 0.0629 e. The van der Waals surface area contributed by atoms with E-state index in [1.165, 1.54) is 16.1 Å². The Hall–Kier alpha value is -1.28. The number of rotatable bonds is 5. The highest BCUT2D eigenvalue weighted by atomic mass is 32.1. The Labute approximate surface area is 120 Å². The molecule has 0 saturated carbocycles. The summed E-state index contributed by atoms with van der Waals surface area (Å²) in [4.78, 5) is 1.41. The van der Waals surface area contributed by atoms with Crippen LogP contribution in [0.15, 0.2) is 41.8 Å². The molecule has 102 valence electrons. The molecule has 1 N–H and O–H groups in total. The van der Waals surface area contributed by atoms with E-state index in [2.05, 4.69) is 74.8 Å². The van der Waals surface area contributed by atoms with Crippen LogP contribution in [0, 0.1) is 5.92 Å². The number of hydrogen-bond acceptors (Lipinski definition) is 2. The minimum Gasteiger partial charge on any atom is -0.377 e. The summed E-state index contributed by atoms with van der Waals surface area (Å²) >= 11 is 1.83. The number of anilines is 1. The first-order valence-electron chi connectivity index (χ1n) is 6.98. The predicted octanol–water partition coefficient (Wildman–Crippen LogP) is 5.68. The molecule has 2 heteroatoms. The Morgan fingerprint density at radius 3 is 2.37 bits per heavy atom. The summed E-state index contributed by atoms with van der Waals surface area (Å²) in [5.74, 6) is 1.14. The van der Waals surface area contributed by atoms with Crippen LogP contribution in [0.3, 0.4) is 0 Å². The van der Waals surface area contributed by atoms with E-state index in [9.17, 15) is 0 Å². The lowest BCUT2D eigenvalue weighted by molar-refractivity contribution is 0.553. The molecule has 0 spiro atoms. The lowest BCUT2D eigenvalue weighted by Gasteiger charge is -2.23. The van der Waals surface area contributed by atoms with Crippen molar-refractivity contribution in [3.63, 3.8) is 0 Å². The molecule has 0 aliphatic rings. The van der Waals surface area contributed by atoms with Crippen LogP contribution in [0.2, 0.25) is 0 Å². The van der Waals surface area contributed by atoms with Crippen LogP contribution in [0.1, 0.15) is 50.1 Å². The van der Waals surface area contributed by atoms with Gasteiger partial charge in [0.25, 0.3) is 0 Å². The van der Waals surface area contributed by atoms with Crippen LogP contribution in [-0.2, 0) is 0 Å². The number of benzene rings is 1. The predicted molar refractivity (Wildman–Crippen MR) is 86.1 cm³/mol. The fourth-order valence-electron chi connectivity index (χ4n) is 2.20. The van der Waals surface area contributed by atoms with Crippen LogP contribution >= 0.6 is 11.3 Å². The van der Waals surface area contributed by atoms with Gasteiger partial charge in [0.15, 0.2) is 0 Å². The first kappa shape index (κ1) is 14.1. The van der Waals surface area contributed by atoms with Crippen LogP contribution in [0.5, 0.6) is 0 Å². The van der Waals surface area contributed by atoms with Crippen LogP contribution < -0.4 is 5.32 Å². The summed E-state index contributed by atoms with van der Waals surface area (Å²) in [5, 5.41) is 5.84. The molecule has 0 fully saturated rings. The Bertz CT molecular complexity index is 500. The number of thiophene rings is 1. The molecule has 0 aliphatic heterocycles. The maximum absolute atomic E-state index is 3.69. The van der Waals surface area contributed by atoms with Crippen molar-refractivity contribution in [2.24, 2.45) is 5.92 Å². The SMILES string of the molecule is CC(C)c1cccc(NC(c2cccs2)C(C)C)c1. The van der Waals surface area contributed by atoms with Crippen molar-refractivity contribution in [3.05, 3.63) is 52.2 Å². The monoisotopic (exact) mass is 273 g/mol. The molecule has 2 rings (SSSR count). The average molecular weight is 273 g/mol. The van der Waals surface area contributed by atoms with Crippen LogP contribution in [0.4, 0.5) is 5.69 Å². The minimum atomic E-state index is 0.391. The molecule has 0 bridgehead atoms. The van der Waals surface area contributed by atoms with Gasteiger partial charge in [-0.25, -0.2) is 0 Å². The van der Waals surface area contributed by atoms with Gasteiger partial charge < -0.3 is 5.32 Å². The second kappa shape index (κ2) is 6.25. The molecule has 2 aromatic rings. The molecule has 1 heterocycles. The molecule has 1 nitrogen and oxygen atoms in total. The summed E-state index contributed by atoms with van der Waals surface area (Å²) in [6.45, 7) is 9.00. The van der Waals surface area contributed by atoms with E-state index in [0.29, 0.717) is 17.9 Å². The van der Waals surface area contributed by atoms with E-state index < -0.39 is 0 Å². The Morgan fingerprint density at radius 2 is 1.79 bits per heavy atom. The molecule has 1 aromatic carbocycles. The van der Waals surface area contributed by atoms with E-state index >= 15 is 0 Å². The third-order valence-corrected chi connectivity index (χ3v) is 4.35. The fourth-order valence-corrected chi connectivity index (χ4v) is 3.15. The molecule has 19 heavy (non-hydrogen) atoms. The van der Waals surface area contributed by atoms with E-state index in [4.69, 9.17) is 0 Å². The Morgan fingerprint density at radius 1 is 1.00 bits per heavy atom. The largest absolute Gasteiger partial charge is 0.377 e. The van der Waals surface area contributed by atoms with Gasteiger partial charge in [-0.1, -0.05) is 45.9 Å². The van der Waals surface area contributed by atoms with Crippen molar-refractivity contribution >= 4 is 17.0 Å². The molecule has 1 atom stereocenters. The zero-order valence-electron chi connectivity index (χ0n) is 12.2. The zero-order chi connectivity index (χ0) is 13.8. The lowest BCUT2D eigenvalue weighted by atomic mass is 10.00. The van der Waals surface area contributed by atoms with Crippen molar-refractivity contribution in [1.82, 2.24) is 0 Å². The van der Waals surface area contributed by atoms with E-state index in [0.717, 1.165) is 0 Å². The summed E-state index contributed by atoms with van der Waals surface area (Å²) in [7, 11) is 0.